The van der Waals surface area contributed by atoms with Crippen molar-refractivity contribution >= 4 is 11.6 Å². The third-order valence-corrected chi connectivity index (χ3v) is 4.26. The van der Waals surface area contributed by atoms with E-state index in [0.29, 0.717) is 24.3 Å². The molecular weight excluding hydrogens is 343 g/mol. The number of carbonyl (C=O) groups excluding carboxylic acids is 1. The molecule has 0 aliphatic carbocycles. The third kappa shape index (κ3) is 5.10. The molecule has 6 heteroatoms. The van der Waals surface area contributed by atoms with Crippen LogP contribution in [0.15, 0.2) is 67.1 Å². The van der Waals surface area contributed by atoms with Gasteiger partial charge in [-0.15, -0.1) is 0 Å². The number of nitrogens with zero attached hydrogens (tertiary/aromatic N) is 3. The summed E-state index contributed by atoms with van der Waals surface area (Å²) in [5, 5.41) is 3.11. The number of amides is 1. The second-order valence-electron chi connectivity index (χ2n) is 6.21. The number of hydrogen-bond acceptors (Lipinski definition) is 4. The summed E-state index contributed by atoms with van der Waals surface area (Å²) in [5.41, 5.74) is 2.82. The Kier molecular flexibility index (Phi) is 6.10. The van der Waals surface area contributed by atoms with Crippen molar-refractivity contribution in [3.05, 3.63) is 89.8 Å². The highest BCUT2D eigenvalue weighted by atomic mass is 19.1. The van der Waals surface area contributed by atoms with E-state index >= 15 is 0 Å². The van der Waals surface area contributed by atoms with E-state index in [0.717, 1.165) is 17.7 Å². The smallest absolute Gasteiger partial charge is 0.272 e. The highest BCUT2D eigenvalue weighted by Gasteiger charge is 2.13. The molecule has 0 aliphatic rings. The molecule has 0 saturated heterocycles. The molecule has 0 unspecified atom stereocenters. The zero-order valence-electron chi connectivity index (χ0n) is 15.1. The van der Waals surface area contributed by atoms with Crippen LogP contribution in [0.4, 0.5) is 10.1 Å². The van der Waals surface area contributed by atoms with E-state index in [1.807, 2.05) is 12.1 Å². The minimum atomic E-state index is -0.249. The van der Waals surface area contributed by atoms with Gasteiger partial charge in [0.2, 0.25) is 0 Å². The van der Waals surface area contributed by atoms with Crippen molar-refractivity contribution in [2.75, 3.05) is 18.9 Å². The second-order valence-corrected chi connectivity index (χ2v) is 6.21. The zero-order valence-corrected chi connectivity index (χ0v) is 15.1. The fourth-order valence-corrected chi connectivity index (χ4v) is 2.61. The van der Waals surface area contributed by atoms with Crippen LogP contribution in [0.1, 0.15) is 21.6 Å². The first-order chi connectivity index (χ1) is 13.1. The maximum absolute atomic E-state index is 13.6. The second kappa shape index (κ2) is 8.89. The monoisotopic (exact) mass is 364 g/mol. The number of rotatable bonds is 7. The molecule has 2 heterocycles. The Labute approximate surface area is 157 Å². The van der Waals surface area contributed by atoms with Crippen LogP contribution in [0, 0.1) is 5.82 Å². The number of benzene rings is 1. The van der Waals surface area contributed by atoms with Gasteiger partial charge in [0.1, 0.15) is 11.5 Å². The fourth-order valence-electron chi connectivity index (χ4n) is 2.61. The van der Waals surface area contributed by atoms with Gasteiger partial charge in [-0.2, -0.15) is 0 Å². The number of carbonyl (C=O) groups is 1. The van der Waals surface area contributed by atoms with E-state index in [-0.39, 0.29) is 11.7 Å². The van der Waals surface area contributed by atoms with Gasteiger partial charge in [-0.05, 0) is 42.3 Å². The number of likely N-dealkylation sites (N-methyl/N-ethyl adjacent to an activating group) is 1. The lowest BCUT2D eigenvalue weighted by atomic mass is 10.2. The first-order valence-corrected chi connectivity index (χ1v) is 8.71. The van der Waals surface area contributed by atoms with Crippen molar-refractivity contribution in [3.63, 3.8) is 0 Å². The van der Waals surface area contributed by atoms with Crippen LogP contribution in [-0.4, -0.2) is 34.4 Å². The van der Waals surface area contributed by atoms with Crippen molar-refractivity contribution in [1.82, 2.24) is 14.9 Å². The van der Waals surface area contributed by atoms with Gasteiger partial charge >= 0.3 is 0 Å². The molecule has 138 valence electrons. The van der Waals surface area contributed by atoms with E-state index in [4.69, 9.17) is 0 Å². The molecule has 0 radical (unpaired) electrons. The SMILES string of the molecule is CN(CCc1ccncc1)C(=O)c1ccc(NCc2ccccc2F)cn1. The van der Waals surface area contributed by atoms with Crippen LogP contribution in [0.25, 0.3) is 0 Å². The van der Waals surface area contributed by atoms with E-state index < -0.39 is 0 Å². The number of hydrogen-bond donors (Lipinski definition) is 1. The quantitative estimate of drug-likeness (QED) is 0.697. The molecule has 1 N–H and O–H groups in total. The molecule has 5 nitrogen and oxygen atoms in total. The van der Waals surface area contributed by atoms with Crippen LogP contribution in [-0.2, 0) is 13.0 Å². The van der Waals surface area contributed by atoms with Crippen molar-refractivity contribution < 1.29 is 9.18 Å². The highest BCUT2D eigenvalue weighted by molar-refractivity contribution is 5.92. The Hall–Kier alpha value is -3.28. The van der Waals surface area contributed by atoms with Crippen molar-refractivity contribution in [3.8, 4) is 0 Å². The Balaban J connectivity index is 1.54. The summed E-state index contributed by atoms with van der Waals surface area (Å²) in [5.74, 6) is -0.384. The predicted octanol–water partition coefficient (Wildman–Crippen LogP) is 3.54. The number of anilines is 1. The van der Waals surface area contributed by atoms with Gasteiger partial charge in [0.05, 0.1) is 11.9 Å². The molecule has 0 atom stereocenters. The van der Waals surface area contributed by atoms with Crippen LogP contribution in [0.5, 0.6) is 0 Å². The predicted molar refractivity (Wildman–Crippen MR) is 103 cm³/mol. The number of aromatic nitrogens is 2. The zero-order chi connectivity index (χ0) is 19.1. The van der Waals surface area contributed by atoms with Gasteiger partial charge in [0.15, 0.2) is 0 Å². The van der Waals surface area contributed by atoms with E-state index in [1.165, 1.54) is 6.07 Å². The van der Waals surface area contributed by atoms with Gasteiger partial charge < -0.3 is 10.2 Å². The van der Waals surface area contributed by atoms with Crippen LogP contribution in [0.2, 0.25) is 0 Å². The Morgan fingerprint density at radius 1 is 1.11 bits per heavy atom. The molecule has 2 aromatic heterocycles. The average Bonchev–Trinajstić information content (AvgIpc) is 2.72. The molecule has 0 aliphatic heterocycles. The highest BCUT2D eigenvalue weighted by Crippen LogP contribution is 2.12. The Morgan fingerprint density at radius 2 is 1.89 bits per heavy atom. The van der Waals surface area contributed by atoms with Gasteiger partial charge in [0.25, 0.3) is 5.91 Å². The number of pyridine rings is 2. The summed E-state index contributed by atoms with van der Waals surface area (Å²) in [6, 6.07) is 13.9. The topological polar surface area (TPSA) is 58.1 Å². The van der Waals surface area contributed by atoms with Crippen molar-refractivity contribution in [2.45, 2.75) is 13.0 Å². The maximum Gasteiger partial charge on any atom is 0.272 e. The molecular formula is C21H21FN4O. The molecule has 1 aromatic carbocycles. The van der Waals surface area contributed by atoms with Crippen molar-refractivity contribution in [1.29, 1.82) is 0 Å². The van der Waals surface area contributed by atoms with E-state index in [9.17, 15) is 9.18 Å². The molecule has 0 saturated carbocycles. The molecule has 0 fully saturated rings. The fraction of sp³-hybridized carbons (Fsp3) is 0.190. The molecule has 1 amide bonds. The van der Waals surface area contributed by atoms with E-state index in [2.05, 4.69) is 15.3 Å². The number of nitrogens with one attached hydrogen (secondary N) is 1. The van der Waals surface area contributed by atoms with Gasteiger partial charge in [-0.25, -0.2) is 9.37 Å². The average molecular weight is 364 g/mol. The lowest BCUT2D eigenvalue weighted by Crippen LogP contribution is -2.29. The summed E-state index contributed by atoms with van der Waals surface area (Å²) in [7, 11) is 1.76. The summed E-state index contributed by atoms with van der Waals surface area (Å²) < 4.78 is 13.6. The lowest BCUT2D eigenvalue weighted by Gasteiger charge is -2.17. The van der Waals surface area contributed by atoms with Crippen LogP contribution in [0.3, 0.4) is 0 Å². The summed E-state index contributed by atoms with van der Waals surface area (Å²) in [6.07, 6.45) is 5.83. The van der Waals surface area contributed by atoms with Gasteiger partial charge in [-0.3, -0.25) is 9.78 Å². The standard InChI is InChI=1S/C21H21FN4O/c1-26(13-10-16-8-11-23-12-9-16)21(27)20-7-6-18(15-25-20)24-14-17-4-2-3-5-19(17)22/h2-9,11-12,15,24H,10,13-14H2,1H3. The molecule has 3 rings (SSSR count). The largest absolute Gasteiger partial charge is 0.380 e. The van der Waals surface area contributed by atoms with Gasteiger partial charge in [-0.1, -0.05) is 18.2 Å². The minimum absolute atomic E-state index is 0.135. The molecule has 0 spiro atoms. The summed E-state index contributed by atoms with van der Waals surface area (Å²) >= 11 is 0. The van der Waals surface area contributed by atoms with Crippen LogP contribution >= 0.6 is 0 Å². The number of halogens is 1. The molecule has 0 bridgehead atoms. The summed E-state index contributed by atoms with van der Waals surface area (Å²) in [6.45, 7) is 0.950. The molecule has 3 aromatic rings. The Morgan fingerprint density at radius 3 is 2.59 bits per heavy atom. The maximum atomic E-state index is 13.6. The first-order valence-electron chi connectivity index (χ1n) is 8.71. The Bertz CT molecular complexity index is 884. The summed E-state index contributed by atoms with van der Waals surface area (Å²) in [4.78, 5) is 22.3. The molecule has 27 heavy (non-hydrogen) atoms. The van der Waals surface area contributed by atoms with Crippen molar-refractivity contribution in [2.24, 2.45) is 0 Å². The third-order valence-electron chi connectivity index (χ3n) is 4.26. The minimum Gasteiger partial charge on any atom is -0.380 e. The lowest BCUT2D eigenvalue weighted by molar-refractivity contribution is 0.0791. The first kappa shape index (κ1) is 18.5. The van der Waals surface area contributed by atoms with E-state index in [1.54, 1.807) is 60.9 Å². The normalized spacial score (nSPS) is 10.4. The van der Waals surface area contributed by atoms with Crippen LogP contribution < -0.4 is 5.32 Å². The van der Waals surface area contributed by atoms with Gasteiger partial charge in [0, 0.05) is 38.1 Å².